The highest BCUT2D eigenvalue weighted by atomic mass is 32.2. The van der Waals surface area contributed by atoms with Crippen LogP contribution >= 0.6 is 0 Å². The molecule has 1 rings (SSSR count). The minimum absolute atomic E-state index is 0.132. The van der Waals surface area contributed by atoms with Crippen molar-refractivity contribution in [1.82, 2.24) is 0 Å². The summed E-state index contributed by atoms with van der Waals surface area (Å²) in [7, 11) is -3.53. The molecule has 0 aliphatic heterocycles. The number of benzene rings is 1. The van der Waals surface area contributed by atoms with Crippen LogP contribution in [-0.2, 0) is 10.0 Å². The lowest BCUT2D eigenvalue weighted by atomic mass is 10.1. The second kappa shape index (κ2) is 6.70. The van der Waals surface area contributed by atoms with Crippen LogP contribution < -0.4 is 9.88 Å². The normalized spacial score (nSPS) is 13.3. The molecule has 0 bridgehead atoms. The predicted octanol–water partition coefficient (Wildman–Crippen LogP) is 1.91. The minimum atomic E-state index is -3.53. The lowest BCUT2D eigenvalue weighted by molar-refractivity contribution is 0.242. The van der Waals surface area contributed by atoms with E-state index in [0.717, 1.165) is 6.42 Å². The number of sulfonamides is 1. The molecule has 0 amide bonds. The third-order valence-electron chi connectivity index (χ3n) is 2.48. The van der Waals surface area contributed by atoms with Gasteiger partial charge in [0, 0.05) is 5.92 Å². The van der Waals surface area contributed by atoms with Crippen molar-refractivity contribution in [2.24, 2.45) is 11.1 Å². The summed E-state index contributed by atoms with van der Waals surface area (Å²) in [6, 6.07) is 6.03. The van der Waals surface area contributed by atoms with Crippen LogP contribution in [0.4, 0.5) is 4.39 Å². The smallest absolute Gasteiger partial charge is 0.209 e. The van der Waals surface area contributed by atoms with Gasteiger partial charge in [-0.3, -0.25) is 0 Å². The monoisotopic (exact) mass is 275 g/mol. The average molecular weight is 275 g/mol. The molecule has 1 atom stereocenters. The fraction of sp³-hybridized carbons (Fsp3) is 0.500. The Hall–Kier alpha value is -1.14. The second-order valence-corrected chi connectivity index (χ2v) is 5.88. The van der Waals surface area contributed by atoms with Gasteiger partial charge in [0.25, 0.3) is 0 Å². The molecule has 1 aromatic carbocycles. The molecule has 0 spiro atoms. The highest BCUT2D eigenvalue weighted by Crippen LogP contribution is 2.18. The molecule has 0 saturated carbocycles. The SMILES string of the molecule is CCCC(COc1ccccc1F)CS(N)(=O)=O. The van der Waals surface area contributed by atoms with Gasteiger partial charge in [0.05, 0.1) is 12.4 Å². The van der Waals surface area contributed by atoms with Gasteiger partial charge in [0.1, 0.15) is 0 Å². The van der Waals surface area contributed by atoms with Crippen LogP contribution in [0.2, 0.25) is 0 Å². The van der Waals surface area contributed by atoms with Gasteiger partial charge in [0.2, 0.25) is 10.0 Å². The van der Waals surface area contributed by atoms with E-state index >= 15 is 0 Å². The van der Waals surface area contributed by atoms with E-state index in [9.17, 15) is 12.8 Å². The highest BCUT2D eigenvalue weighted by Gasteiger charge is 2.16. The summed E-state index contributed by atoms with van der Waals surface area (Å²) in [5, 5.41) is 5.01. The van der Waals surface area contributed by atoms with E-state index in [2.05, 4.69) is 0 Å². The van der Waals surface area contributed by atoms with Crippen LogP contribution in [0.1, 0.15) is 19.8 Å². The lowest BCUT2D eigenvalue weighted by Crippen LogP contribution is -2.27. The average Bonchev–Trinajstić information content (AvgIpc) is 2.26. The third kappa shape index (κ3) is 5.46. The summed E-state index contributed by atoms with van der Waals surface area (Å²) in [6.45, 7) is 2.09. The van der Waals surface area contributed by atoms with Crippen LogP contribution in [0.25, 0.3) is 0 Å². The van der Waals surface area contributed by atoms with Gasteiger partial charge in [-0.1, -0.05) is 25.5 Å². The Morgan fingerprint density at radius 3 is 2.61 bits per heavy atom. The van der Waals surface area contributed by atoms with Gasteiger partial charge in [-0.15, -0.1) is 0 Å². The fourth-order valence-electron chi connectivity index (χ4n) is 1.72. The maximum absolute atomic E-state index is 13.3. The minimum Gasteiger partial charge on any atom is -0.490 e. The standard InChI is InChI=1S/C12H18FNO3S/c1-2-5-10(9-18(14,15)16)8-17-12-7-4-3-6-11(12)13/h3-4,6-7,10H,2,5,8-9H2,1H3,(H2,14,15,16). The van der Waals surface area contributed by atoms with Crippen LogP contribution in [-0.4, -0.2) is 20.8 Å². The van der Waals surface area contributed by atoms with E-state index in [-0.39, 0.29) is 24.0 Å². The maximum Gasteiger partial charge on any atom is 0.209 e. The number of halogens is 1. The Labute approximate surface area is 107 Å². The first-order valence-corrected chi connectivity index (χ1v) is 7.51. The van der Waals surface area contributed by atoms with Crippen LogP contribution in [0.15, 0.2) is 24.3 Å². The van der Waals surface area contributed by atoms with Gasteiger partial charge in [-0.25, -0.2) is 17.9 Å². The molecule has 102 valence electrons. The summed E-state index contributed by atoms with van der Waals surface area (Å²) in [6.07, 6.45) is 1.49. The fourth-order valence-corrected chi connectivity index (χ4v) is 2.64. The second-order valence-electron chi connectivity index (χ2n) is 4.23. The zero-order valence-electron chi connectivity index (χ0n) is 10.3. The van der Waals surface area contributed by atoms with Crippen molar-refractivity contribution in [3.63, 3.8) is 0 Å². The molecule has 0 aromatic heterocycles. The Balaban J connectivity index is 2.60. The molecule has 18 heavy (non-hydrogen) atoms. The molecule has 0 heterocycles. The Bertz CT molecular complexity index is 476. The largest absolute Gasteiger partial charge is 0.490 e. The molecule has 6 heteroatoms. The topological polar surface area (TPSA) is 69.4 Å². The molecule has 0 fully saturated rings. The van der Waals surface area contributed by atoms with Crippen LogP contribution in [0.3, 0.4) is 0 Å². The van der Waals surface area contributed by atoms with Gasteiger partial charge >= 0.3 is 0 Å². The number of ether oxygens (including phenoxy) is 1. The summed E-state index contributed by atoms with van der Waals surface area (Å²) in [5.74, 6) is -0.684. The van der Waals surface area contributed by atoms with Crippen molar-refractivity contribution in [2.75, 3.05) is 12.4 Å². The van der Waals surface area contributed by atoms with Crippen LogP contribution in [0.5, 0.6) is 5.75 Å². The van der Waals surface area contributed by atoms with Crippen molar-refractivity contribution in [1.29, 1.82) is 0 Å². The summed E-state index contributed by atoms with van der Waals surface area (Å²) in [5.41, 5.74) is 0. The first-order valence-electron chi connectivity index (χ1n) is 5.80. The number of hydrogen-bond acceptors (Lipinski definition) is 3. The van der Waals surface area contributed by atoms with Crippen LogP contribution in [0, 0.1) is 11.7 Å². The molecule has 1 unspecified atom stereocenters. The van der Waals surface area contributed by atoms with E-state index in [4.69, 9.17) is 9.88 Å². The van der Waals surface area contributed by atoms with E-state index in [1.165, 1.54) is 12.1 Å². The van der Waals surface area contributed by atoms with Gasteiger partial charge < -0.3 is 4.74 Å². The molecule has 1 aromatic rings. The molecular formula is C12H18FNO3S. The zero-order chi connectivity index (χ0) is 13.6. The quantitative estimate of drug-likeness (QED) is 0.826. The van der Waals surface area contributed by atoms with Gasteiger partial charge in [0.15, 0.2) is 11.6 Å². The van der Waals surface area contributed by atoms with Crippen molar-refractivity contribution >= 4 is 10.0 Å². The first kappa shape index (κ1) is 14.9. The van der Waals surface area contributed by atoms with E-state index in [0.29, 0.717) is 6.42 Å². The number of para-hydroxylation sites is 1. The summed E-state index contributed by atoms with van der Waals surface area (Å²) in [4.78, 5) is 0. The van der Waals surface area contributed by atoms with Crippen molar-refractivity contribution < 1.29 is 17.5 Å². The maximum atomic E-state index is 13.3. The predicted molar refractivity (Wildman–Crippen MR) is 68.3 cm³/mol. The van der Waals surface area contributed by atoms with Gasteiger partial charge in [-0.05, 0) is 18.6 Å². The Kier molecular flexibility index (Phi) is 5.55. The Morgan fingerprint density at radius 2 is 2.06 bits per heavy atom. The molecule has 0 radical (unpaired) electrons. The zero-order valence-corrected chi connectivity index (χ0v) is 11.1. The van der Waals surface area contributed by atoms with E-state index < -0.39 is 15.8 Å². The van der Waals surface area contributed by atoms with Crippen molar-refractivity contribution in [3.8, 4) is 5.75 Å². The van der Waals surface area contributed by atoms with E-state index in [1.54, 1.807) is 12.1 Å². The third-order valence-corrected chi connectivity index (χ3v) is 3.41. The molecule has 0 aliphatic rings. The number of rotatable bonds is 7. The van der Waals surface area contributed by atoms with Gasteiger partial charge in [-0.2, -0.15) is 0 Å². The molecule has 2 N–H and O–H groups in total. The molecule has 4 nitrogen and oxygen atoms in total. The van der Waals surface area contributed by atoms with Crippen molar-refractivity contribution in [3.05, 3.63) is 30.1 Å². The van der Waals surface area contributed by atoms with E-state index in [1.807, 2.05) is 6.92 Å². The lowest BCUT2D eigenvalue weighted by Gasteiger charge is -2.16. The number of primary sulfonamides is 1. The molecule has 0 aliphatic carbocycles. The first-order chi connectivity index (χ1) is 8.42. The highest BCUT2D eigenvalue weighted by molar-refractivity contribution is 7.89. The molecular weight excluding hydrogens is 257 g/mol. The number of nitrogens with two attached hydrogens (primary N) is 1. The summed E-state index contributed by atoms with van der Waals surface area (Å²) < 4.78 is 40.7. The van der Waals surface area contributed by atoms with Crippen molar-refractivity contribution in [2.45, 2.75) is 19.8 Å². The Morgan fingerprint density at radius 1 is 1.39 bits per heavy atom. The molecule has 0 saturated heterocycles. The number of hydrogen-bond donors (Lipinski definition) is 1. The summed E-state index contributed by atoms with van der Waals surface area (Å²) >= 11 is 0.